The molecule has 142 valence electrons. The van der Waals surface area contributed by atoms with Gasteiger partial charge in [0.2, 0.25) is 0 Å². The lowest BCUT2D eigenvalue weighted by Gasteiger charge is -2.04. The van der Waals surface area contributed by atoms with Gasteiger partial charge in [0.25, 0.3) is 5.91 Å². The summed E-state index contributed by atoms with van der Waals surface area (Å²) in [6.07, 6.45) is 3.49. The number of pyridine rings is 1. The molecule has 0 aliphatic heterocycles. The van der Waals surface area contributed by atoms with Crippen LogP contribution in [0.5, 0.6) is 5.75 Å². The third kappa shape index (κ3) is 3.21. The number of imidazole rings is 1. The maximum absolute atomic E-state index is 12.6. The molecule has 0 spiro atoms. The highest BCUT2D eigenvalue weighted by molar-refractivity contribution is 7.23. The number of thiazole rings is 1. The molecule has 0 saturated heterocycles. The van der Waals surface area contributed by atoms with Gasteiger partial charge < -0.3 is 10.1 Å². The molecule has 0 bridgehead atoms. The number of aromatic nitrogens is 3. The summed E-state index contributed by atoms with van der Waals surface area (Å²) in [7, 11) is 1.64. The van der Waals surface area contributed by atoms with E-state index in [2.05, 4.69) is 15.3 Å². The monoisotopic (exact) mass is 400 g/mol. The maximum Gasteiger partial charge on any atom is 0.277 e. The fourth-order valence-corrected chi connectivity index (χ4v) is 4.20. The van der Waals surface area contributed by atoms with E-state index in [0.717, 1.165) is 32.1 Å². The van der Waals surface area contributed by atoms with E-state index in [0.29, 0.717) is 11.5 Å². The van der Waals surface area contributed by atoms with Crippen molar-refractivity contribution >= 4 is 38.2 Å². The van der Waals surface area contributed by atoms with Gasteiger partial charge in [-0.1, -0.05) is 41.7 Å². The molecule has 29 heavy (non-hydrogen) atoms. The van der Waals surface area contributed by atoms with Crippen LogP contribution < -0.4 is 10.1 Å². The summed E-state index contributed by atoms with van der Waals surface area (Å²) in [5, 5.41) is 2.81. The minimum atomic E-state index is -0.289. The first-order valence-electron chi connectivity index (χ1n) is 9.00. The Hall–Kier alpha value is -3.71. The van der Waals surface area contributed by atoms with Crippen LogP contribution in [0, 0.1) is 0 Å². The number of methoxy groups -OCH3 is 1. The fourth-order valence-electron chi connectivity index (χ4n) is 3.17. The molecule has 0 fully saturated rings. The number of anilines is 1. The second-order valence-electron chi connectivity index (χ2n) is 6.47. The molecule has 1 amide bonds. The average Bonchev–Trinajstić information content (AvgIpc) is 3.32. The molecule has 6 nitrogen and oxygen atoms in total. The predicted octanol–water partition coefficient (Wildman–Crippen LogP) is 4.87. The lowest BCUT2D eigenvalue weighted by Crippen LogP contribution is -2.13. The van der Waals surface area contributed by atoms with E-state index >= 15 is 0 Å². The Morgan fingerprint density at radius 2 is 1.93 bits per heavy atom. The number of amides is 1. The molecule has 5 rings (SSSR count). The Morgan fingerprint density at radius 1 is 1.07 bits per heavy atom. The highest BCUT2D eigenvalue weighted by Gasteiger charge is 2.15. The number of nitrogens with one attached hydrogen (secondary N) is 1. The Bertz CT molecular complexity index is 1320. The van der Waals surface area contributed by atoms with E-state index in [1.807, 2.05) is 59.0 Å². The molecule has 0 radical (unpaired) electrons. The minimum Gasteiger partial charge on any atom is -0.497 e. The number of ether oxygens (including phenoxy) is 1. The summed E-state index contributed by atoms with van der Waals surface area (Å²) in [6, 6.07) is 19.5. The largest absolute Gasteiger partial charge is 0.497 e. The Balaban J connectivity index is 1.38. The lowest BCUT2D eigenvalue weighted by molar-refractivity contribution is 0.102. The van der Waals surface area contributed by atoms with Gasteiger partial charge in [0, 0.05) is 18.0 Å². The summed E-state index contributed by atoms with van der Waals surface area (Å²) < 4.78 is 8.24. The zero-order valence-electron chi connectivity index (χ0n) is 15.5. The number of benzene rings is 2. The van der Waals surface area contributed by atoms with Gasteiger partial charge in [-0.05, 0) is 35.9 Å². The van der Waals surface area contributed by atoms with Crippen LogP contribution >= 0.6 is 11.3 Å². The topological polar surface area (TPSA) is 68.5 Å². The van der Waals surface area contributed by atoms with Crippen LogP contribution in [-0.2, 0) is 0 Å². The summed E-state index contributed by atoms with van der Waals surface area (Å²) in [4.78, 5) is 22.2. The predicted molar refractivity (Wildman–Crippen MR) is 115 cm³/mol. The summed E-state index contributed by atoms with van der Waals surface area (Å²) >= 11 is 1.51. The van der Waals surface area contributed by atoms with Crippen molar-refractivity contribution in [2.45, 2.75) is 0 Å². The number of carbonyl (C=O) groups is 1. The van der Waals surface area contributed by atoms with Gasteiger partial charge in [0.1, 0.15) is 17.3 Å². The van der Waals surface area contributed by atoms with Crippen molar-refractivity contribution in [2.24, 2.45) is 0 Å². The molecule has 0 aliphatic rings. The summed E-state index contributed by atoms with van der Waals surface area (Å²) in [5.74, 6) is 0.994. The van der Waals surface area contributed by atoms with Gasteiger partial charge in [0.15, 0.2) is 4.96 Å². The van der Waals surface area contributed by atoms with Crippen LogP contribution in [0.15, 0.2) is 73.1 Å². The fraction of sp³-hybridized carbons (Fsp3) is 0.0455. The molecule has 3 aromatic heterocycles. The van der Waals surface area contributed by atoms with Crippen molar-refractivity contribution in [3.63, 3.8) is 0 Å². The number of hydrogen-bond acceptors (Lipinski definition) is 5. The van der Waals surface area contributed by atoms with E-state index < -0.39 is 0 Å². The van der Waals surface area contributed by atoms with Gasteiger partial charge >= 0.3 is 0 Å². The molecule has 1 N–H and O–H groups in total. The third-order valence-electron chi connectivity index (χ3n) is 4.65. The van der Waals surface area contributed by atoms with Crippen molar-refractivity contribution in [3.8, 4) is 16.9 Å². The van der Waals surface area contributed by atoms with Crippen LogP contribution in [0.4, 0.5) is 5.82 Å². The van der Waals surface area contributed by atoms with Crippen molar-refractivity contribution in [1.29, 1.82) is 0 Å². The molecule has 0 saturated carbocycles. The number of carbonyl (C=O) groups excluding carboxylic acids is 1. The number of hydrogen-bond donors (Lipinski definition) is 1. The molecule has 2 aromatic carbocycles. The van der Waals surface area contributed by atoms with Crippen LogP contribution in [0.25, 0.3) is 26.3 Å². The van der Waals surface area contributed by atoms with E-state index in [1.165, 1.54) is 11.3 Å². The standard InChI is InChI=1S/C22H16N4O2S/c1-28-16-8-9-18-19(11-16)29-22-24-17(13-26(18)22)21(27)25-20-10-7-15(12-23-20)14-5-3-2-4-6-14/h2-13H,1H3,(H,23,25,27). The number of fused-ring (bicyclic) bond motifs is 3. The van der Waals surface area contributed by atoms with E-state index in [-0.39, 0.29) is 5.91 Å². The molecule has 0 atom stereocenters. The van der Waals surface area contributed by atoms with Gasteiger partial charge in [-0.3, -0.25) is 9.20 Å². The second-order valence-corrected chi connectivity index (χ2v) is 7.48. The smallest absolute Gasteiger partial charge is 0.277 e. The summed E-state index contributed by atoms with van der Waals surface area (Å²) in [5.41, 5.74) is 3.41. The van der Waals surface area contributed by atoms with Crippen molar-refractivity contribution in [3.05, 3.63) is 78.8 Å². The Morgan fingerprint density at radius 3 is 2.69 bits per heavy atom. The minimum absolute atomic E-state index is 0.289. The second kappa shape index (κ2) is 7.03. The molecule has 5 aromatic rings. The average molecular weight is 400 g/mol. The van der Waals surface area contributed by atoms with E-state index in [9.17, 15) is 4.79 Å². The highest BCUT2D eigenvalue weighted by atomic mass is 32.1. The lowest BCUT2D eigenvalue weighted by atomic mass is 10.1. The normalized spacial score (nSPS) is 11.1. The molecule has 0 unspecified atom stereocenters. The van der Waals surface area contributed by atoms with E-state index in [4.69, 9.17) is 4.74 Å². The molecular formula is C22H16N4O2S. The van der Waals surface area contributed by atoms with Crippen molar-refractivity contribution < 1.29 is 9.53 Å². The van der Waals surface area contributed by atoms with Crippen LogP contribution in [0.3, 0.4) is 0 Å². The number of rotatable bonds is 4. The third-order valence-corrected chi connectivity index (χ3v) is 5.66. The SMILES string of the molecule is COc1ccc2c(c1)sc1nc(C(=O)Nc3ccc(-c4ccccc4)cn3)cn12. The first-order chi connectivity index (χ1) is 14.2. The summed E-state index contributed by atoms with van der Waals surface area (Å²) in [6.45, 7) is 0. The van der Waals surface area contributed by atoms with E-state index in [1.54, 1.807) is 25.6 Å². The van der Waals surface area contributed by atoms with Gasteiger partial charge in [-0.2, -0.15) is 0 Å². The molecular weight excluding hydrogens is 384 g/mol. The van der Waals surface area contributed by atoms with Crippen LogP contribution in [0.2, 0.25) is 0 Å². The van der Waals surface area contributed by atoms with Gasteiger partial charge in [-0.25, -0.2) is 9.97 Å². The van der Waals surface area contributed by atoms with Crippen LogP contribution in [0.1, 0.15) is 10.5 Å². The van der Waals surface area contributed by atoms with Crippen LogP contribution in [-0.4, -0.2) is 27.4 Å². The maximum atomic E-state index is 12.6. The quantitative estimate of drug-likeness (QED) is 0.467. The number of nitrogens with zero attached hydrogens (tertiary/aromatic N) is 3. The molecule has 0 aliphatic carbocycles. The Labute approximate surface area is 170 Å². The zero-order valence-corrected chi connectivity index (χ0v) is 16.3. The van der Waals surface area contributed by atoms with Gasteiger partial charge in [0.05, 0.1) is 17.3 Å². The first kappa shape index (κ1) is 17.4. The molecule has 7 heteroatoms. The zero-order chi connectivity index (χ0) is 19.8. The Kier molecular flexibility index (Phi) is 4.22. The first-order valence-corrected chi connectivity index (χ1v) is 9.81. The van der Waals surface area contributed by atoms with Crippen molar-refractivity contribution in [2.75, 3.05) is 12.4 Å². The molecule has 3 heterocycles. The van der Waals surface area contributed by atoms with Gasteiger partial charge in [-0.15, -0.1) is 0 Å². The highest BCUT2D eigenvalue weighted by Crippen LogP contribution is 2.29. The van der Waals surface area contributed by atoms with Crippen molar-refractivity contribution in [1.82, 2.24) is 14.4 Å².